The Bertz CT molecular complexity index is 369. The van der Waals surface area contributed by atoms with Crippen LogP contribution in [0.5, 0.6) is 5.75 Å². The molecule has 0 unspecified atom stereocenters. The maximum absolute atomic E-state index is 12.0. The van der Waals surface area contributed by atoms with Crippen LogP contribution in [-0.4, -0.2) is 19.5 Å². The van der Waals surface area contributed by atoms with Gasteiger partial charge in [0.2, 0.25) is 0 Å². The monoisotopic (exact) mass is 258 g/mol. The lowest BCUT2D eigenvalue weighted by atomic mass is 9.91. The number of halogens is 3. The molecule has 1 aliphatic rings. The number of nitrogens with one attached hydrogen (secondary N) is 1. The number of rotatable bonds is 3. The molecule has 1 N–H and O–H groups in total. The zero-order chi connectivity index (χ0) is 13.0. The van der Waals surface area contributed by atoms with Gasteiger partial charge in [-0.3, -0.25) is 0 Å². The number of hydrogen-bond acceptors (Lipinski definition) is 2. The third-order valence-electron chi connectivity index (χ3n) is 2.93. The highest BCUT2D eigenvalue weighted by Crippen LogP contribution is 2.25. The molecule has 0 amide bonds. The number of alkyl halides is 3. The number of hydrogen-bond donors (Lipinski definition) is 1. The quantitative estimate of drug-likeness (QED) is 0.899. The Morgan fingerprint density at radius 1 is 1.11 bits per heavy atom. The van der Waals surface area contributed by atoms with E-state index in [1.807, 2.05) is 0 Å². The van der Waals surface area contributed by atoms with E-state index < -0.39 is 6.36 Å². The summed E-state index contributed by atoms with van der Waals surface area (Å²) in [4.78, 5) is 0. The summed E-state index contributed by atoms with van der Waals surface area (Å²) in [5.41, 5.74) is 0.941. The van der Waals surface area contributed by atoms with Gasteiger partial charge < -0.3 is 10.1 Å². The van der Waals surface area contributed by atoms with E-state index in [0.29, 0.717) is 5.92 Å². The average Bonchev–Trinajstić information content (AvgIpc) is 2.31. The Kier molecular flexibility index (Phi) is 4.11. The molecule has 1 radical (unpaired) electrons. The topological polar surface area (TPSA) is 21.3 Å². The predicted octanol–water partition coefficient (Wildman–Crippen LogP) is 3.14. The molecule has 1 aromatic carbocycles. The van der Waals surface area contributed by atoms with Crippen molar-refractivity contribution in [2.45, 2.75) is 19.2 Å². The SMILES string of the molecule is FC(F)(F)Oc1ccc([CH]C2CCNCC2)cc1. The molecule has 99 valence electrons. The Labute approximate surface area is 104 Å². The van der Waals surface area contributed by atoms with Gasteiger partial charge in [-0.05, 0) is 56.0 Å². The molecule has 5 heteroatoms. The van der Waals surface area contributed by atoms with Gasteiger partial charge in [0.1, 0.15) is 5.75 Å². The largest absolute Gasteiger partial charge is 0.573 e. The van der Waals surface area contributed by atoms with E-state index in [1.165, 1.54) is 12.1 Å². The molecule has 2 nitrogen and oxygen atoms in total. The van der Waals surface area contributed by atoms with Crippen molar-refractivity contribution in [2.75, 3.05) is 13.1 Å². The molecule has 18 heavy (non-hydrogen) atoms. The normalized spacial score (nSPS) is 17.7. The Hall–Kier alpha value is -1.23. The minimum Gasteiger partial charge on any atom is -0.406 e. The molecule has 1 aliphatic heterocycles. The molecule has 0 saturated carbocycles. The molecule has 1 saturated heterocycles. The second kappa shape index (κ2) is 5.61. The third-order valence-corrected chi connectivity index (χ3v) is 2.93. The van der Waals surface area contributed by atoms with Crippen LogP contribution in [0.2, 0.25) is 0 Å². The van der Waals surface area contributed by atoms with E-state index in [4.69, 9.17) is 0 Å². The smallest absolute Gasteiger partial charge is 0.406 e. The van der Waals surface area contributed by atoms with Crippen molar-refractivity contribution in [3.8, 4) is 5.75 Å². The molecular formula is C13H15F3NO. The fourth-order valence-corrected chi connectivity index (χ4v) is 2.06. The number of benzene rings is 1. The molecule has 0 atom stereocenters. The summed E-state index contributed by atoms with van der Waals surface area (Å²) in [6.45, 7) is 1.99. The van der Waals surface area contributed by atoms with E-state index in [0.717, 1.165) is 31.5 Å². The molecular weight excluding hydrogens is 243 g/mol. The van der Waals surface area contributed by atoms with Crippen LogP contribution in [-0.2, 0) is 0 Å². The van der Waals surface area contributed by atoms with E-state index >= 15 is 0 Å². The van der Waals surface area contributed by atoms with Gasteiger partial charge in [-0.2, -0.15) is 0 Å². The lowest BCUT2D eigenvalue weighted by Crippen LogP contribution is -2.28. The molecule has 0 aromatic heterocycles. The number of piperidine rings is 1. The zero-order valence-electron chi connectivity index (χ0n) is 9.83. The Morgan fingerprint density at radius 3 is 2.28 bits per heavy atom. The maximum Gasteiger partial charge on any atom is 0.573 e. The van der Waals surface area contributed by atoms with Crippen molar-refractivity contribution in [1.82, 2.24) is 5.32 Å². The predicted molar refractivity (Wildman–Crippen MR) is 62.1 cm³/mol. The Balaban J connectivity index is 1.90. The van der Waals surface area contributed by atoms with Crippen molar-refractivity contribution < 1.29 is 17.9 Å². The fourth-order valence-electron chi connectivity index (χ4n) is 2.06. The second-order valence-electron chi connectivity index (χ2n) is 4.37. The zero-order valence-corrected chi connectivity index (χ0v) is 9.83. The average molecular weight is 258 g/mol. The van der Waals surface area contributed by atoms with Crippen molar-refractivity contribution >= 4 is 0 Å². The van der Waals surface area contributed by atoms with Crippen LogP contribution in [0, 0.1) is 12.3 Å². The van der Waals surface area contributed by atoms with Crippen LogP contribution in [0.4, 0.5) is 13.2 Å². The van der Waals surface area contributed by atoms with Crippen LogP contribution in [0.3, 0.4) is 0 Å². The van der Waals surface area contributed by atoms with Gasteiger partial charge in [-0.25, -0.2) is 0 Å². The second-order valence-corrected chi connectivity index (χ2v) is 4.37. The molecule has 0 bridgehead atoms. The third kappa shape index (κ3) is 4.22. The van der Waals surface area contributed by atoms with E-state index in [-0.39, 0.29) is 5.75 Å². The fraction of sp³-hybridized carbons (Fsp3) is 0.462. The highest BCUT2D eigenvalue weighted by molar-refractivity contribution is 5.31. The first kappa shape index (κ1) is 13.2. The highest BCUT2D eigenvalue weighted by atomic mass is 19.4. The van der Waals surface area contributed by atoms with E-state index in [9.17, 15) is 13.2 Å². The standard InChI is InChI=1S/C13H15F3NO/c14-13(15,16)18-12-3-1-10(2-4-12)9-11-5-7-17-8-6-11/h1-4,9,11,17H,5-8H2. The molecule has 2 rings (SSSR count). The first-order valence-electron chi connectivity index (χ1n) is 5.94. The van der Waals surface area contributed by atoms with E-state index in [2.05, 4.69) is 16.5 Å². The highest BCUT2D eigenvalue weighted by Gasteiger charge is 2.30. The van der Waals surface area contributed by atoms with Crippen molar-refractivity contribution in [2.24, 2.45) is 5.92 Å². The van der Waals surface area contributed by atoms with Crippen molar-refractivity contribution in [3.05, 3.63) is 36.2 Å². The summed E-state index contributed by atoms with van der Waals surface area (Å²) in [6, 6.07) is 6.01. The van der Waals surface area contributed by atoms with Gasteiger partial charge in [0.25, 0.3) is 0 Å². The summed E-state index contributed by atoms with van der Waals surface area (Å²) >= 11 is 0. The van der Waals surface area contributed by atoms with Gasteiger partial charge in [0.15, 0.2) is 0 Å². The van der Waals surface area contributed by atoms with Gasteiger partial charge >= 0.3 is 6.36 Å². The number of ether oxygens (including phenoxy) is 1. The van der Waals surface area contributed by atoms with E-state index in [1.54, 1.807) is 12.1 Å². The summed E-state index contributed by atoms with van der Waals surface area (Å²) in [5, 5.41) is 3.27. The first-order chi connectivity index (χ1) is 8.53. The van der Waals surface area contributed by atoms with Crippen LogP contribution in [0.1, 0.15) is 18.4 Å². The van der Waals surface area contributed by atoms with Crippen LogP contribution >= 0.6 is 0 Å². The van der Waals surface area contributed by atoms with Gasteiger partial charge in [0.05, 0.1) is 0 Å². The van der Waals surface area contributed by atoms with Crippen LogP contribution in [0.25, 0.3) is 0 Å². The summed E-state index contributed by atoms with van der Waals surface area (Å²) < 4.78 is 39.8. The lowest BCUT2D eigenvalue weighted by Gasteiger charge is -2.22. The summed E-state index contributed by atoms with van der Waals surface area (Å²) in [7, 11) is 0. The molecule has 1 heterocycles. The van der Waals surface area contributed by atoms with Gasteiger partial charge in [0, 0.05) is 0 Å². The van der Waals surface area contributed by atoms with Crippen LogP contribution < -0.4 is 10.1 Å². The molecule has 0 aliphatic carbocycles. The summed E-state index contributed by atoms with van der Waals surface area (Å²) in [5.74, 6) is 0.325. The molecule has 1 fully saturated rings. The van der Waals surface area contributed by atoms with Gasteiger partial charge in [-0.1, -0.05) is 12.1 Å². The minimum atomic E-state index is -4.62. The van der Waals surface area contributed by atoms with Gasteiger partial charge in [-0.15, -0.1) is 13.2 Å². The lowest BCUT2D eigenvalue weighted by molar-refractivity contribution is -0.274. The summed E-state index contributed by atoms with van der Waals surface area (Å²) in [6.07, 6.45) is -0.375. The first-order valence-corrected chi connectivity index (χ1v) is 5.94. The maximum atomic E-state index is 12.0. The Morgan fingerprint density at radius 2 is 1.72 bits per heavy atom. The van der Waals surface area contributed by atoms with Crippen LogP contribution in [0.15, 0.2) is 24.3 Å². The minimum absolute atomic E-state index is 0.176. The van der Waals surface area contributed by atoms with Crippen molar-refractivity contribution in [1.29, 1.82) is 0 Å². The van der Waals surface area contributed by atoms with Crippen molar-refractivity contribution in [3.63, 3.8) is 0 Å². The molecule has 1 aromatic rings. The molecule has 0 spiro atoms.